The first-order valence-electron chi connectivity index (χ1n) is 10.6. The second-order valence-corrected chi connectivity index (χ2v) is 7.62. The van der Waals surface area contributed by atoms with Crippen molar-refractivity contribution in [1.29, 1.82) is 0 Å². The van der Waals surface area contributed by atoms with Gasteiger partial charge in [0.15, 0.2) is 0 Å². The molecule has 4 aromatic rings. The van der Waals surface area contributed by atoms with Crippen LogP contribution in [0, 0.1) is 0 Å². The monoisotopic (exact) mass is 439 g/mol. The van der Waals surface area contributed by atoms with Gasteiger partial charge < -0.3 is 14.8 Å². The Balaban J connectivity index is 1.76. The zero-order valence-corrected chi connectivity index (χ0v) is 17.9. The molecule has 0 bridgehead atoms. The third-order valence-electron chi connectivity index (χ3n) is 5.72. The fourth-order valence-electron chi connectivity index (χ4n) is 4.27. The van der Waals surface area contributed by atoms with Crippen LogP contribution in [0.2, 0.25) is 0 Å². The lowest BCUT2D eigenvalue weighted by Gasteiger charge is -2.25. The fraction of sp³-hybridized carbons (Fsp3) is 0.115. The number of aromatic nitrogens is 2. The van der Waals surface area contributed by atoms with Crippen molar-refractivity contribution < 1.29 is 19.4 Å². The second kappa shape index (κ2) is 8.27. The zero-order chi connectivity index (χ0) is 22.9. The molecule has 1 amide bonds. The number of anilines is 1. The minimum absolute atomic E-state index is 0.0257. The summed E-state index contributed by atoms with van der Waals surface area (Å²) in [6, 6.07) is 17.1. The third-order valence-corrected chi connectivity index (χ3v) is 5.72. The van der Waals surface area contributed by atoms with Crippen molar-refractivity contribution >= 4 is 34.0 Å². The lowest BCUT2D eigenvalue weighted by atomic mass is 9.95. The molecule has 1 atom stereocenters. The lowest BCUT2D eigenvalue weighted by Crippen LogP contribution is -2.29. The third kappa shape index (κ3) is 3.43. The number of H-pyrrole nitrogens is 1. The van der Waals surface area contributed by atoms with E-state index in [1.54, 1.807) is 42.6 Å². The van der Waals surface area contributed by atoms with Gasteiger partial charge in [-0.1, -0.05) is 24.3 Å². The van der Waals surface area contributed by atoms with E-state index in [1.807, 2.05) is 31.2 Å². The number of aliphatic hydroxyl groups is 1. The van der Waals surface area contributed by atoms with E-state index in [4.69, 9.17) is 4.74 Å². The van der Waals surface area contributed by atoms with Crippen molar-refractivity contribution in [3.8, 4) is 5.75 Å². The van der Waals surface area contributed by atoms with Crippen LogP contribution in [0.15, 0.2) is 84.8 Å². The molecule has 2 N–H and O–H groups in total. The number of carbonyl (C=O) groups is 2. The number of Topliss-reactive ketones (excluding diaryl/α,β-unsaturated/α-hetero) is 1. The van der Waals surface area contributed by atoms with Crippen LogP contribution >= 0.6 is 0 Å². The van der Waals surface area contributed by atoms with Gasteiger partial charge in [-0.05, 0) is 37.3 Å². The number of aromatic amines is 1. The second-order valence-electron chi connectivity index (χ2n) is 7.62. The Kier molecular flexibility index (Phi) is 5.14. The number of aliphatic hydroxyl groups excluding tert-OH is 1. The predicted octanol–water partition coefficient (Wildman–Crippen LogP) is 4.59. The highest BCUT2D eigenvalue weighted by Crippen LogP contribution is 2.44. The molecule has 164 valence electrons. The molecule has 7 nitrogen and oxygen atoms in total. The van der Waals surface area contributed by atoms with E-state index < -0.39 is 17.7 Å². The number of para-hydroxylation sites is 1. The molecule has 0 aliphatic carbocycles. The normalized spacial score (nSPS) is 17.6. The van der Waals surface area contributed by atoms with Crippen molar-refractivity contribution in [3.05, 3.63) is 96.0 Å². The zero-order valence-electron chi connectivity index (χ0n) is 17.9. The van der Waals surface area contributed by atoms with Gasteiger partial charge in [0.25, 0.3) is 11.7 Å². The van der Waals surface area contributed by atoms with Crippen LogP contribution in [0.5, 0.6) is 5.75 Å². The molecule has 1 fully saturated rings. The molecule has 1 saturated heterocycles. The van der Waals surface area contributed by atoms with Gasteiger partial charge in [-0.3, -0.25) is 19.5 Å². The standard InChI is InChI=1S/C26H21N3O4/c1-2-33-18-7-5-6-17(14-18)29-23(20-15-28-21-9-4-3-8-19(20)21)22(25(31)26(29)32)24(30)16-10-12-27-13-11-16/h3-15,23,28,30H,2H2,1H3/b24-22+. The maximum atomic E-state index is 13.3. The lowest BCUT2D eigenvalue weighted by molar-refractivity contribution is -0.132. The van der Waals surface area contributed by atoms with Crippen LogP contribution in [0.4, 0.5) is 5.69 Å². The number of benzene rings is 2. The van der Waals surface area contributed by atoms with Gasteiger partial charge in [0.1, 0.15) is 11.5 Å². The number of hydrogen-bond donors (Lipinski definition) is 2. The van der Waals surface area contributed by atoms with Crippen LogP contribution in [0.1, 0.15) is 24.1 Å². The average molecular weight is 439 g/mol. The van der Waals surface area contributed by atoms with Crippen molar-refractivity contribution in [2.24, 2.45) is 0 Å². The minimum Gasteiger partial charge on any atom is -0.507 e. The first-order valence-corrected chi connectivity index (χ1v) is 10.6. The maximum absolute atomic E-state index is 13.3. The summed E-state index contributed by atoms with van der Waals surface area (Å²) in [4.78, 5) is 35.2. The number of ketones is 1. The van der Waals surface area contributed by atoms with Gasteiger partial charge in [0.05, 0.1) is 18.2 Å². The average Bonchev–Trinajstić information content (AvgIpc) is 3.38. The van der Waals surface area contributed by atoms with Crippen LogP contribution in [0.25, 0.3) is 16.7 Å². The summed E-state index contributed by atoms with van der Waals surface area (Å²) in [6.45, 7) is 2.34. The Morgan fingerprint density at radius 3 is 2.67 bits per heavy atom. The van der Waals surface area contributed by atoms with E-state index in [-0.39, 0.29) is 11.3 Å². The number of nitrogens with one attached hydrogen (secondary N) is 1. The highest BCUT2D eigenvalue weighted by molar-refractivity contribution is 6.51. The Morgan fingerprint density at radius 1 is 1.09 bits per heavy atom. The molecule has 0 spiro atoms. The maximum Gasteiger partial charge on any atom is 0.300 e. The smallest absolute Gasteiger partial charge is 0.300 e. The quantitative estimate of drug-likeness (QED) is 0.269. The topological polar surface area (TPSA) is 95.5 Å². The number of ether oxygens (including phenoxy) is 1. The van der Waals surface area contributed by atoms with E-state index in [1.165, 1.54) is 17.3 Å². The number of carbonyl (C=O) groups excluding carboxylic acids is 2. The molecule has 0 saturated carbocycles. The highest BCUT2D eigenvalue weighted by atomic mass is 16.5. The van der Waals surface area contributed by atoms with Gasteiger partial charge in [-0.15, -0.1) is 0 Å². The Morgan fingerprint density at radius 2 is 1.88 bits per heavy atom. The molecular weight excluding hydrogens is 418 g/mol. The molecule has 5 rings (SSSR count). The molecule has 2 aromatic carbocycles. The Hall–Kier alpha value is -4.39. The fourth-order valence-corrected chi connectivity index (χ4v) is 4.27. The summed E-state index contributed by atoms with van der Waals surface area (Å²) < 4.78 is 5.61. The summed E-state index contributed by atoms with van der Waals surface area (Å²) in [6.07, 6.45) is 4.83. The summed E-state index contributed by atoms with van der Waals surface area (Å²) in [5.74, 6) is -1.12. The minimum atomic E-state index is -0.828. The summed E-state index contributed by atoms with van der Waals surface area (Å²) in [7, 11) is 0. The highest BCUT2D eigenvalue weighted by Gasteiger charge is 2.47. The van der Waals surface area contributed by atoms with Gasteiger partial charge in [-0.25, -0.2) is 0 Å². The van der Waals surface area contributed by atoms with Crippen molar-refractivity contribution in [2.45, 2.75) is 13.0 Å². The number of pyridine rings is 1. The van der Waals surface area contributed by atoms with Crippen molar-refractivity contribution in [3.63, 3.8) is 0 Å². The van der Waals surface area contributed by atoms with Crippen LogP contribution in [-0.2, 0) is 9.59 Å². The molecule has 7 heteroatoms. The summed E-state index contributed by atoms with van der Waals surface area (Å²) in [5, 5.41) is 12.0. The van der Waals surface area contributed by atoms with E-state index >= 15 is 0 Å². The largest absolute Gasteiger partial charge is 0.507 e. The van der Waals surface area contributed by atoms with Gasteiger partial charge in [0.2, 0.25) is 0 Å². The van der Waals surface area contributed by atoms with E-state index in [9.17, 15) is 14.7 Å². The number of amides is 1. The molecule has 1 aliphatic heterocycles. The molecule has 0 radical (unpaired) electrons. The summed E-state index contributed by atoms with van der Waals surface area (Å²) >= 11 is 0. The van der Waals surface area contributed by atoms with E-state index in [0.29, 0.717) is 29.2 Å². The summed E-state index contributed by atoms with van der Waals surface area (Å²) in [5.41, 5.74) is 2.52. The van der Waals surface area contributed by atoms with Crippen LogP contribution in [0.3, 0.4) is 0 Å². The van der Waals surface area contributed by atoms with Gasteiger partial charge in [0, 0.05) is 52.4 Å². The van der Waals surface area contributed by atoms with Crippen molar-refractivity contribution in [1.82, 2.24) is 9.97 Å². The Labute approximate surface area is 190 Å². The first-order chi connectivity index (χ1) is 16.1. The molecule has 2 aromatic heterocycles. The van der Waals surface area contributed by atoms with Gasteiger partial charge >= 0.3 is 0 Å². The number of nitrogens with zero attached hydrogens (tertiary/aromatic N) is 2. The first kappa shape index (κ1) is 20.5. The van der Waals surface area contributed by atoms with E-state index in [2.05, 4.69) is 9.97 Å². The number of fused-ring (bicyclic) bond motifs is 1. The molecule has 33 heavy (non-hydrogen) atoms. The van der Waals surface area contributed by atoms with Crippen LogP contribution in [-0.4, -0.2) is 33.4 Å². The molecule has 1 aliphatic rings. The van der Waals surface area contributed by atoms with Crippen LogP contribution < -0.4 is 9.64 Å². The molecule has 1 unspecified atom stereocenters. The predicted molar refractivity (Wildman–Crippen MR) is 125 cm³/mol. The van der Waals surface area contributed by atoms with E-state index in [0.717, 1.165) is 10.9 Å². The SMILES string of the molecule is CCOc1cccc(N2C(=O)C(=O)/C(=C(/O)c3ccncc3)C2c2c[nH]c3ccccc23)c1. The Bertz CT molecular complexity index is 1390. The number of rotatable bonds is 5. The number of hydrogen-bond acceptors (Lipinski definition) is 5. The van der Waals surface area contributed by atoms with Crippen molar-refractivity contribution in [2.75, 3.05) is 11.5 Å². The molecule has 3 heterocycles. The van der Waals surface area contributed by atoms with Gasteiger partial charge in [-0.2, -0.15) is 0 Å². The molecular formula is C26H21N3O4.